The molecule has 0 radical (unpaired) electrons. The summed E-state index contributed by atoms with van der Waals surface area (Å²) in [6, 6.07) is 16.0. The number of carbonyl (C=O) groups is 1. The molecule has 1 amide bonds. The van der Waals surface area contributed by atoms with Crippen molar-refractivity contribution in [1.82, 2.24) is 0 Å². The Morgan fingerprint density at radius 1 is 1.10 bits per heavy atom. The van der Waals surface area contributed by atoms with E-state index in [9.17, 15) is 4.79 Å². The third-order valence-corrected chi connectivity index (χ3v) is 4.68. The zero-order chi connectivity index (χ0) is 14.7. The van der Waals surface area contributed by atoms with Crippen molar-refractivity contribution in [3.8, 4) is 0 Å². The molecule has 2 aromatic carbocycles. The number of nitrogens with one attached hydrogen (secondary N) is 1. The van der Waals surface area contributed by atoms with E-state index in [0.717, 1.165) is 33.1 Å². The number of hydrogen-bond donors (Lipinski definition) is 1. The Hall–Kier alpha value is -1.65. The van der Waals surface area contributed by atoms with E-state index in [-0.39, 0.29) is 5.91 Å². The van der Waals surface area contributed by atoms with Crippen LogP contribution in [0.4, 0.5) is 5.69 Å². The van der Waals surface area contributed by atoms with Crippen molar-refractivity contribution >= 4 is 48.9 Å². The van der Waals surface area contributed by atoms with E-state index in [1.54, 1.807) is 11.3 Å². The normalized spacial score (nSPS) is 10.7. The average molecular weight is 360 g/mol. The molecule has 3 aromatic rings. The van der Waals surface area contributed by atoms with Gasteiger partial charge in [-0.1, -0.05) is 46.3 Å². The molecule has 0 aliphatic rings. The van der Waals surface area contributed by atoms with E-state index in [0.29, 0.717) is 0 Å². The number of aryl methyl sites for hydroxylation is 1. The minimum Gasteiger partial charge on any atom is -0.322 e. The van der Waals surface area contributed by atoms with Gasteiger partial charge in [0.25, 0.3) is 5.91 Å². The molecule has 1 heterocycles. The topological polar surface area (TPSA) is 29.1 Å². The van der Waals surface area contributed by atoms with Crippen LogP contribution in [0.5, 0.6) is 0 Å². The summed E-state index contributed by atoms with van der Waals surface area (Å²) in [6.45, 7) is 0. The summed E-state index contributed by atoms with van der Waals surface area (Å²) < 4.78 is 1.13. The number of amides is 1. The van der Waals surface area contributed by atoms with E-state index in [1.807, 2.05) is 53.9 Å². The molecule has 21 heavy (non-hydrogen) atoms. The number of fused-ring (bicyclic) bond motifs is 1. The summed E-state index contributed by atoms with van der Waals surface area (Å²) in [5, 5.41) is 6.83. The van der Waals surface area contributed by atoms with Gasteiger partial charge in [0.1, 0.15) is 0 Å². The van der Waals surface area contributed by atoms with Gasteiger partial charge in [0.05, 0.1) is 5.56 Å². The quantitative estimate of drug-likeness (QED) is 0.645. The molecule has 1 aromatic heterocycles. The van der Waals surface area contributed by atoms with Gasteiger partial charge in [0.2, 0.25) is 0 Å². The number of benzene rings is 2. The molecule has 0 bridgehead atoms. The predicted molar refractivity (Wildman–Crippen MR) is 93.7 cm³/mol. The zero-order valence-electron chi connectivity index (χ0n) is 11.3. The summed E-state index contributed by atoms with van der Waals surface area (Å²) in [6.07, 6.45) is 0.989. The lowest BCUT2D eigenvalue weighted by atomic mass is 10.1. The molecule has 0 saturated carbocycles. The summed E-state index contributed by atoms with van der Waals surface area (Å²) in [5.41, 5.74) is 2.82. The van der Waals surface area contributed by atoms with Crippen LogP contribution in [0.25, 0.3) is 10.1 Å². The van der Waals surface area contributed by atoms with Crippen LogP contribution >= 0.6 is 27.3 Å². The highest BCUT2D eigenvalue weighted by atomic mass is 79.9. The summed E-state index contributed by atoms with van der Waals surface area (Å²) in [4.78, 5) is 12.4. The van der Waals surface area contributed by atoms with E-state index in [4.69, 9.17) is 0 Å². The van der Waals surface area contributed by atoms with E-state index in [2.05, 4.69) is 21.2 Å². The monoisotopic (exact) mass is 359 g/mol. The first-order valence-corrected chi connectivity index (χ1v) is 8.70. The maximum absolute atomic E-state index is 12.4. The van der Waals surface area contributed by atoms with Crippen LogP contribution < -0.4 is 5.32 Å². The van der Waals surface area contributed by atoms with E-state index in [1.165, 1.54) is 5.56 Å². The highest BCUT2D eigenvalue weighted by Crippen LogP contribution is 2.26. The summed E-state index contributed by atoms with van der Waals surface area (Å²) in [7, 11) is 0. The molecular weight excluding hydrogens is 346 g/mol. The SMILES string of the molecule is O=C(Nc1ccc(CCBr)cc1)c1csc2ccccc12. The van der Waals surface area contributed by atoms with Crippen LogP contribution in [0.2, 0.25) is 0 Å². The van der Waals surface area contributed by atoms with Gasteiger partial charge in [-0.2, -0.15) is 0 Å². The second kappa shape index (κ2) is 6.41. The van der Waals surface area contributed by atoms with Crippen LogP contribution in [-0.2, 0) is 6.42 Å². The number of carbonyl (C=O) groups excluding carboxylic acids is 1. The third-order valence-electron chi connectivity index (χ3n) is 3.32. The number of rotatable bonds is 4. The minimum atomic E-state index is -0.0549. The Kier molecular flexibility index (Phi) is 4.36. The van der Waals surface area contributed by atoms with Crippen LogP contribution in [-0.4, -0.2) is 11.2 Å². The number of anilines is 1. The molecule has 0 saturated heterocycles. The Labute approximate surface area is 135 Å². The molecule has 2 nitrogen and oxygen atoms in total. The van der Waals surface area contributed by atoms with Crippen molar-refractivity contribution in [2.45, 2.75) is 6.42 Å². The maximum Gasteiger partial charge on any atom is 0.257 e. The lowest BCUT2D eigenvalue weighted by Crippen LogP contribution is -2.11. The van der Waals surface area contributed by atoms with Crippen LogP contribution in [0.3, 0.4) is 0 Å². The average Bonchev–Trinajstić information content (AvgIpc) is 2.93. The number of alkyl halides is 1. The van der Waals surface area contributed by atoms with E-state index < -0.39 is 0 Å². The second-order valence-electron chi connectivity index (χ2n) is 4.74. The van der Waals surface area contributed by atoms with Gasteiger partial charge in [0, 0.05) is 26.5 Å². The summed E-state index contributed by atoms with van der Waals surface area (Å²) >= 11 is 5.02. The molecule has 106 valence electrons. The van der Waals surface area contributed by atoms with Gasteiger partial charge in [0.15, 0.2) is 0 Å². The molecule has 4 heteroatoms. The predicted octanol–water partition coefficient (Wildman–Crippen LogP) is 5.09. The molecule has 0 spiro atoms. The van der Waals surface area contributed by atoms with Crippen molar-refractivity contribution in [2.75, 3.05) is 10.6 Å². The van der Waals surface area contributed by atoms with Crippen molar-refractivity contribution in [3.63, 3.8) is 0 Å². The fourth-order valence-electron chi connectivity index (χ4n) is 2.22. The lowest BCUT2D eigenvalue weighted by Gasteiger charge is -2.05. The Morgan fingerprint density at radius 2 is 1.86 bits per heavy atom. The minimum absolute atomic E-state index is 0.0549. The highest BCUT2D eigenvalue weighted by molar-refractivity contribution is 9.09. The number of thiophene rings is 1. The van der Waals surface area contributed by atoms with Gasteiger partial charge >= 0.3 is 0 Å². The summed E-state index contributed by atoms with van der Waals surface area (Å²) in [5.74, 6) is -0.0549. The Bertz CT molecular complexity index is 764. The molecule has 0 atom stereocenters. The van der Waals surface area contributed by atoms with Crippen molar-refractivity contribution in [2.24, 2.45) is 0 Å². The van der Waals surface area contributed by atoms with Crippen molar-refractivity contribution in [1.29, 1.82) is 0 Å². The first kappa shape index (κ1) is 14.3. The van der Waals surface area contributed by atoms with Gasteiger partial charge in [-0.05, 0) is 30.2 Å². The molecule has 1 N–H and O–H groups in total. The molecule has 0 aliphatic carbocycles. The lowest BCUT2D eigenvalue weighted by molar-refractivity contribution is 0.102. The smallest absolute Gasteiger partial charge is 0.257 e. The van der Waals surface area contributed by atoms with Crippen LogP contribution in [0, 0.1) is 0 Å². The highest BCUT2D eigenvalue weighted by Gasteiger charge is 2.11. The molecule has 3 rings (SSSR count). The molecule has 0 unspecified atom stereocenters. The van der Waals surface area contributed by atoms with Gasteiger partial charge in [-0.25, -0.2) is 0 Å². The zero-order valence-corrected chi connectivity index (χ0v) is 13.7. The van der Waals surface area contributed by atoms with Gasteiger partial charge in [-0.3, -0.25) is 4.79 Å². The van der Waals surface area contributed by atoms with E-state index >= 15 is 0 Å². The number of hydrogen-bond acceptors (Lipinski definition) is 2. The molecule has 0 fully saturated rings. The fraction of sp³-hybridized carbons (Fsp3) is 0.118. The third kappa shape index (κ3) is 3.17. The van der Waals surface area contributed by atoms with Gasteiger partial charge in [-0.15, -0.1) is 11.3 Å². The Balaban J connectivity index is 1.79. The van der Waals surface area contributed by atoms with Crippen molar-refractivity contribution < 1.29 is 4.79 Å². The van der Waals surface area contributed by atoms with Crippen molar-refractivity contribution in [3.05, 3.63) is 65.0 Å². The van der Waals surface area contributed by atoms with Crippen LogP contribution in [0.15, 0.2) is 53.9 Å². The maximum atomic E-state index is 12.4. The standard InChI is InChI=1S/C17H14BrNOS/c18-10-9-12-5-7-13(8-6-12)19-17(20)15-11-21-16-4-2-1-3-14(15)16/h1-8,11H,9-10H2,(H,19,20). The van der Waals surface area contributed by atoms with Crippen LogP contribution in [0.1, 0.15) is 15.9 Å². The Morgan fingerprint density at radius 3 is 2.62 bits per heavy atom. The first-order chi connectivity index (χ1) is 10.3. The second-order valence-corrected chi connectivity index (χ2v) is 6.44. The first-order valence-electron chi connectivity index (χ1n) is 6.70. The molecular formula is C17H14BrNOS. The fourth-order valence-corrected chi connectivity index (χ4v) is 3.61. The number of halogens is 1. The largest absolute Gasteiger partial charge is 0.322 e. The molecule has 0 aliphatic heterocycles. The van der Waals surface area contributed by atoms with Gasteiger partial charge < -0.3 is 5.32 Å².